The van der Waals surface area contributed by atoms with Crippen LogP contribution in [0.5, 0.6) is 0 Å². The second-order valence-electron chi connectivity index (χ2n) is 8.44. The number of para-hydroxylation sites is 1. The number of aromatic nitrogens is 1. The molecular formula is C21H26ClN3O2. The Morgan fingerprint density at radius 1 is 1.11 bits per heavy atom. The SMILES string of the molecule is O=C(c1[nH]c2ccccc2c1Cl)N1C[C@H]2C[C@@H](N3CCCC3)[C@H](O)C[C@H]2C1. The standard InChI is InChI=1S/C21H26ClN3O2/c22-19-15-5-1-2-6-16(15)23-20(19)21(27)25-11-13-9-17(24-7-3-4-8-24)18(26)10-14(13)12-25/h1-2,5-6,13-14,17-18,23,26H,3-4,7-12H2/t13-,14+,17-,18-/m1/s1. The lowest BCUT2D eigenvalue weighted by atomic mass is 9.77. The van der Waals surface area contributed by atoms with Crippen molar-refractivity contribution in [3.8, 4) is 0 Å². The summed E-state index contributed by atoms with van der Waals surface area (Å²) in [6.45, 7) is 3.70. The first-order valence-electron chi connectivity index (χ1n) is 10.1. The monoisotopic (exact) mass is 387 g/mol. The van der Waals surface area contributed by atoms with Gasteiger partial charge in [-0.05, 0) is 56.7 Å². The average Bonchev–Trinajstić information content (AvgIpc) is 3.39. The van der Waals surface area contributed by atoms with Crippen LogP contribution >= 0.6 is 11.6 Å². The van der Waals surface area contributed by atoms with Gasteiger partial charge in [-0.15, -0.1) is 0 Å². The molecule has 1 saturated carbocycles. The molecule has 144 valence electrons. The summed E-state index contributed by atoms with van der Waals surface area (Å²) in [4.78, 5) is 20.7. The summed E-state index contributed by atoms with van der Waals surface area (Å²) >= 11 is 6.49. The van der Waals surface area contributed by atoms with Crippen LogP contribution in [0, 0.1) is 11.8 Å². The van der Waals surface area contributed by atoms with Gasteiger partial charge in [0.2, 0.25) is 0 Å². The number of aliphatic hydroxyl groups excluding tert-OH is 1. The molecule has 0 spiro atoms. The number of nitrogens with zero attached hydrogens (tertiary/aromatic N) is 2. The van der Waals surface area contributed by atoms with Crippen molar-refractivity contribution in [2.24, 2.45) is 11.8 Å². The van der Waals surface area contributed by atoms with E-state index in [4.69, 9.17) is 11.6 Å². The minimum Gasteiger partial charge on any atom is -0.391 e. The molecule has 0 radical (unpaired) electrons. The van der Waals surface area contributed by atoms with Crippen molar-refractivity contribution in [1.82, 2.24) is 14.8 Å². The second kappa shape index (κ2) is 6.80. The van der Waals surface area contributed by atoms with Gasteiger partial charge in [-0.25, -0.2) is 0 Å². The van der Waals surface area contributed by atoms with E-state index < -0.39 is 0 Å². The van der Waals surface area contributed by atoms with Crippen molar-refractivity contribution in [2.45, 2.75) is 37.8 Å². The Balaban J connectivity index is 1.34. The Kier molecular flexibility index (Phi) is 4.42. The van der Waals surface area contributed by atoms with E-state index in [9.17, 15) is 9.90 Å². The molecule has 2 aliphatic heterocycles. The van der Waals surface area contributed by atoms with Crippen molar-refractivity contribution in [1.29, 1.82) is 0 Å². The first-order chi connectivity index (χ1) is 13.1. The number of carbonyl (C=O) groups excluding carboxylic acids is 1. The third-order valence-corrected chi connectivity index (χ3v) is 7.26. The number of benzene rings is 1. The van der Waals surface area contributed by atoms with Crippen molar-refractivity contribution in [2.75, 3.05) is 26.2 Å². The van der Waals surface area contributed by atoms with Gasteiger partial charge in [0.15, 0.2) is 0 Å². The maximum Gasteiger partial charge on any atom is 0.271 e. The molecule has 27 heavy (non-hydrogen) atoms. The summed E-state index contributed by atoms with van der Waals surface area (Å²) in [5.74, 6) is 0.856. The highest BCUT2D eigenvalue weighted by molar-refractivity contribution is 6.38. The van der Waals surface area contributed by atoms with Gasteiger partial charge in [-0.1, -0.05) is 29.8 Å². The fourth-order valence-electron chi connectivity index (χ4n) is 5.45. The lowest BCUT2D eigenvalue weighted by Gasteiger charge is -2.40. The molecule has 3 heterocycles. The first-order valence-corrected chi connectivity index (χ1v) is 10.5. The molecule has 1 aliphatic carbocycles. The van der Waals surface area contributed by atoms with E-state index in [2.05, 4.69) is 9.88 Å². The maximum absolute atomic E-state index is 13.1. The second-order valence-corrected chi connectivity index (χ2v) is 8.82. The van der Waals surface area contributed by atoms with Gasteiger partial charge in [0, 0.05) is 30.0 Å². The molecule has 5 nitrogen and oxygen atoms in total. The maximum atomic E-state index is 13.1. The fourth-order valence-corrected chi connectivity index (χ4v) is 5.74. The Bertz CT molecular complexity index is 860. The van der Waals surface area contributed by atoms with Crippen LogP contribution in [-0.2, 0) is 0 Å². The first kappa shape index (κ1) is 17.5. The molecule has 0 unspecified atom stereocenters. The number of nitrogens with one attached hydrogen (secondary N) is 1. The van der Waals surface area contributed by atoms with E-state index >= 15 is 0 Å². The third kappa shape index (κ3) is 2.96. The number of halogens is 1. The summed E-state index contributed by atoms with van der Waals surface area (Å²) in [5, 5.41) is 12.1. The van der Waals surface area contributed by atoms with Gasteiger partial charge in [0.25, 0.3) is 5.91 Å². The molecule has 0 bridgehead atoms. The molecule has 2 aromatic rings. The topological polar surface area (TPSA) is 59.6 Å². The van der Waals surface area contributed by atoms with Gasteiger partial charge in [0.05, 0.1) is 11.1 Å². The number of aliphatic hydroxyl groups is 1. The van der Waals surface area contributed by atoms with E-state index in [1.54, 1.807) is 0 Å². The van der Waals surface area contributed by atoms with Gasteiger partial charge >= 0.3 is 0 Å². The van der Waals surface area contributed by atoms with Crippen molar-refractivity contribution in [3.63, 3.8) is 0 Å². The number of H-pyrrole nitrogens is 1. The Labute approximate surface area is 164 Å². The average molecular weight is 388 g/mol. The molecule has 2 N–H and O–H groups in total. The molecule has 5 rings (SSSR count). The molecule has 6 heteroatoms. The molecule has 2 saturated heterocycles. The number of carbonyl (C=O) groups is 1. The summed E-state index contributed by atoms with van der Waals surface area (Å²) in [7, 11) is 0. The van der Waals surface area contributed by atoms with Crippen molar-refractivity contribution < 1.29 is 9.90 Å². The molecule has 1 aromatic heterocycles. The van der Waals surface area contributed by atoms with Crippen LogP contribution in [-0.4, -0.2) is 64.1 Å². The molecule has 1 amide bonds. The van der Waals surface area contributed by atoms with Crippen LogP contribution in [0.15, 0.2) is 24.3 Å². The molecular weight excluding hydrogens is 362 g/mol. The highest BCUT2D eigenvalue weighted by atomic mass is 35.5. The van der Waals surface area contributed by atoms with Crippen molar-refractivity contribution >= 4 is 28.4 Å². The minimum absolute atomic E-state index is 0.0159. The molecule has 1 aromatic carbocycles. The van der Waals surface area contributed by atoms with Crippen LogP contribution in [0.25, 0.3) is 10.9 Å². The van der Waals surface area contributed by atoms with Gasteiger partial charge in [-0.3, -0.25) is 9.69 Å². The van der Waals surface area contributed by atoms with Crippen LogP contribution in [0.3, 0.4) is 0 Å². The summed E-state index contributed by atoms with van der Waals surface area (Å²) in [6, 6.07) is 8.01. The summed E-state index contributed by atoms with van der Waals surface area (Å²) in [5.41, 5.74) is 1.39. The zero-order valence-corrected chi connectivity index (χ0v) is 16.2. The van der Waals surface area contributed by atoms with Gasteiger partial charge < -0.3 is 15.0 Å². The predicted octanol–water partition coefficient (Wildman–Crippen LogP) is 3.13. The van der Waals surface area contributed by atoms with Gasteiger partial charge in [0.1, 0.15) is 5.69 Å². The highest BCUT2D eigenvalue weighted by Crippen LogP contribution is 2.40. The lowest BCUT2D eigenvalue weighted by Crippen LogP contribution is -2.48. The van der Waals surface area contributed by atoms with Crippen LogP contribution in [0.2, 0.25) is 5.02 Å². The Morgan fingerprint density at radius 2 is 1.81 bits per heavy atom. The third-order valence-electron chi connectivity index (χ3n) is 6.86. The number of rotatable bonds is 2. The molecule has 3 aliphatic rings. The van der Waals surface area contributed by atoms with Crippen LogP contribution < -0.4 is 0 Å². The van der Waals surface area contributed by atoms with E-state index in [-0.39, 0.29) is 18.1 Å². The Morgan fingerprint density at radius 3 is 2.56 bits per heavy atom. The summed E-state index contributed by atoms with van der Waals surface area (Å²) < 4.78 is 0. The number of amides is 1. The Hall–Kier alpha value is -1.56. The van der Waals surface area contributed by atoms with E-state index in [0.717, 1.165) is 49.9 Å². The normalized spacial score (nSPS) is 31.6. The van der Waals surface area contributed by atoms with E-state index in [1.165, 1.54) is 12.8 Å². The molecule has 4 atom stereocenters. The quantitative estimate of drug-likeness (QED) is 0.832. The molecule has 3 fully saturated rings. The van der Waals surface area contributed by atoms with E-state index in [0.29, 0.717) is 22.6 Å². The fraction of sp³-hybridized carbons (Fsp3) is 0.571. The zero-order valence-electron chi connectivity index (χ0n) is 15.4. The van der Waals surface area contributed by atoms with E-state index in [1.807, 2.05) is 29.2 Å². The van der Waals surface area contributed by atoms with Gasteiger partial charge in [-0.2, -0.15) is 0 Å². The highest BCUT2D eigenvalue weighted by Gasteiger charge is 2.45. The zero-order chi connectivity index (χ0) is 18.5. The lowest BCUT2D eigenvalue weighted by molar-refractivity contribution is -0.000864. The smallest absolute Gasteiger partial charge is 0.271 e. The number of aromatic amines is 1. The largest absolute Gasteiger partial charge is 0.391 e. The minimum atomic E-state index is -0.268. The number of likely N-dealkylation sites (tertiary alicyclic amines) is 2. The predicted molar refractivity (Wildman–Crippen MR) is 106 cm³/mol. The van der Waals surface area contributed by atoms with Crippen molar-refractivity contribution in [3.05, 3.63) is 35.0 Å². The van der Waals surface area contributed by atoms with Crippen LogP contribution in [0.4, 0.5) is 0 Å². The number of fused-ring (bicyclic) bond motifs is 2. The number of hydrogen-bond donors (Lipinski definition) is 2. The number of hydrogen-bond acceptors (Lipinski definition) is 3. The summed E-state index contributed by atoms with van der Waals surface area (Å²) in [6.07, 6.45) is 4.00. The van der Waals surface area contributed by atoms with Crippen LogP contribution in [0.1, 0.15) is 36.2 Å².